The first kappa shape index (κ1) is 40.7. The van der Waals surface area contributed by atoms with Gasteiger partial charge in [-0.25, -0.2) is 8.78 Å². The maximum atomic E-state index is 16.8. The van der Waals surface area contributed by atoms with Crippen LogP contribution in [0.5, 0.6) is 0 Å². The van der Waals surface area contributed by atoms with Crippen LogP contribution in [0.25, 0.3) is 11.1 Å². The molecule has 2 heterocycles. The van der Waals surface area contributed by atoms with Gasteiger partial charge in [0, 0.05) is 29.9 Å². The van der Waals surface area contributed by atoms with E-state index < -0.39 is 70.8 Å². The number of pyridine rings is 1. The minimum atomic E-state index is -4.82. The van der Waals surface area contributed by atoms with Crippen molar-refractivity contribution in [3.8, 4) is 23.0 Å². The molecule has 12 heteroatoms. The Morgan fingerprint density at radius 3 is 2.15 bits per heavy atom. The van der Waals surface area contributed by atoms with Crippen LogP contribution in [0.1, 0.15) is 116 Å². The molecule has 2 aliphatic rings. The number of carboxylic acid groups (broad SMARTS) is 1. The van der Waals surface area contributed by atoms with Crippen LogP contribution in [-0.2, 0) is 15.8 Å². The third-order valence-corrected chi connectivity index (χ3v) is 10.5. The third kappa shape index (κ3) is 9.23. The SMILES string of the molecule is CC#Cc1cc(-c2c(C)cc(C)cc2C)c(F)c([C@H](CC(=O)O)NC(=O)[C@@H](CC(C)C)n2cc(C3CCN(CC4CC4)CC3)c(C(F)(F)F)cc2=O)c1F. The van der Waals surface area contributed by atoms with Gasteiger partial charge in [0.15, 0.2) is 0 Å². The number of nitrogens with zero attached hydrogens (tertiary/aromatic N) is 2. The number of carbonyl (C=O) groups excluding carboxylic acids is 1. The van der Waals surface area contributed by atoms with Crippen LogP contribution >= 0.6 is 0 Å². The molecule has 1 saturated carbocycles. The largest absolute Gasteiger partial charge is 0.481 e. The monoisotopic (exact) mass is 753 g/mol. The van der Waals surface area contributed by atoms with E-state index in [0.29, 0.717) is 54.6 Å². The molecule has 2 N–H and O–H groups in total. The molecule has 0 bridgehead atoms. The molecule has 1 saturated heterocycles. The Kier molecular flexibility index (Phi) is 12.4. The van der Waals surface area contributed by atoms with Crippen LogP contribution in [-0.4, -0.2) is 46.1 Å². The summed E-state index contributed by atoms with van der Waals surface area (Å²) >= 11 is 0. The van der Waals surface area contributed by atoms with Gasteiger partial charge in [-0.15, -0.1) is 5.92 Å². The number of rotatable bonds is 12. The second kappa shape index (κ2) is 16.5. The van der Waals surface area contributed by atoms with Gasteiger partial charge in [-0.3, -0.25) is 14.4 Å². The molecule has 1 aliphatic heterocycles. The van der Waals surface area contributed by atoms with Crippen molar-refractivity contribution in [2.45, 2.75) is 104 Å². The standard InChI is InChI=1S/C42H48F5N3O4/c1-7-8-29-18-30(37-25(5)16-24(4)17-26(37)6)40(44)38(39(29)43)33(20-36(52)53)48-41(54)34(15-23(2)3)50-22-31(32(19-35(50)51)42(45,46)47)28-11-13-49(14-12-28)21-27-9-10-27/h16-19,22-23,27-28,33-34H,9-15,20-21H2,1-6H3,(H,48,54)(H,52,53)/t33-,34+/m0/s1. The fraction of sp³-hybridized carbons (Fsp3) is 0.500. The molecule has 2 atom stereocenters. The van der Waals surface area contributed by atoms with Gasteiger partial charge < -0.3 is 19.9 Å². The van der Waals surface area contributed by atoms with Crippen molar-refractivity contribution >= 4 is 11.9 Å². The average molecular weight is 754 g/mol. The van der Waals surface area contributed by atoms with Crippen molar-refractivity contribution in [3.05, 3.63) is 91.4 Å². The summed E-state index contributed by atoms with van der Waals surface area (Å²) in [6, 6.07) is 2.25. The normalized spacial score (nSPS) is 16.5. The first-order valence-corrected chi connectivity index (χ1v) is 18.5. The molecule has 0 unspecified atom stereocenters. The van der Waals surface area contributed by atoms with Crippen molar-refractivity contribution in [1.82, 2.24) is 14.8 Å². The van der Waals surface area contributed by atoms with Gasteiger partial charge in [-0.1, -0.05) is 37.5 Å². The number of alkyl halides is 3. The number of hydrogen-bond acceptors (Lipinski definition) is 4. The summed E-state index contributed by atoms with van der Waals surface area (Å²) in [4.78, 5) is 42.3. The van der Waals surface area contributed by atoms with Crippen LogP contribution in [0.15, 0.2) is 35.3 Å². The predicted octanol–water partition coefficient (Wildman–Crippen LogP) is 8.62. The minimum Gasteiger partial charge on any atom is -0.481 e. The highest BCUT2D eigenvalue weighted by Crippen LogP contribution is 2.41. The van der Waals surface area contributed by atoms with E-state index in [2.05, 4.69) is 22.1 Å². The molecule has 0 radical (unpaired) electrons. The zero-order valence-corrected chi connectivity index (χ0v) is 31.6. The number of likely N-dealkylation sites (tertiary alicyclic amines) is 1. The van der Waals surface area contributed by atoms with Crippen LogP contribution in [0, 0.1) is 56.1 Å². The van der Waals surface area contributed by atoms with E-state index in [4.69, 9.17) is 0 Å². The fourth-order valence-electron chi connectivity index (χ4n) is 7.91. The van der Waals surface area contributed by atoms with Crippen LogP contribution < -0.4 is 10.9 Å². The number of amides is 1. The van der Waals surface area contributed by atoms with E-state index >= 15 is 8.78 Å². The first-order valence-electron chi connectivity index (χ1n) is 18.5. The lowest BCUT2D eigenvalue weighted by Gasteiger charge is -2.34. The summed E-state index contributed by atoms with van der Waals surface area (Å²) in [7, 11) is 0. The Morgan fingerprint density at radius 1 is 0.981 bits per heavy atom. The van der Waals surface area contributed by atoms with Crippen molar-refractivity contribution in [1.29, 1.82) is 0 Å². The Balaban J connectivity index is 1.59. The smallest absolute Gasteiger partial charge is 0.416 e. The molecule has 2 aromatic carbocycles. The minimum absolute atomic E-state index is 0.0323. The molecule has 0 spiro atoms. The summed E-state index contributed by atoms with van der Waals surface area (Å²) in [6.07, 6.45) is -1.49. The van der Waals surface area contributed by atoms with Gasteiger partial charge in [-0.05, 0) is 119 Å². The first-order chi connectivity index (χ1) is 25.4. The second-order valence-electron chi connectivity index (χ2n) is 15.4. The van der Waals surface area contributed by atoms with Gasteiger partial charge in [-0.2, -0.15) is 13.2 Å². The van der Waals surface area contributed by atoms with Gasteiger partial charge in [0.1, 0.15) is 17.7 Å². The van der Waals surface area contributed by atoms with Gasteiger partial charge in [0.2, 0.25) is 5.91 Å². The van der Waals surface area contributed by atoms with Crippen molar-refractivity contribution in [2.24, 2.45) is 11.8 Å². The lowest BCUT2D eigenvalue weighted by molar-refractivity contribution is -0.139. The highest BCUT2D eigenvalue weighted by atomic mass is 19.4. The number of carboxylic acids is 1. The molecule has 1 aromatic heterocycles. The van der Waals surface area contributed by atoms with Crippen molar-refractivity contribution in [2.75, 3.05) is 19.6 Å². The zero-order chi connectivity index (χ0) is 39.6. The molecule has 2 fully saturated rings. The van der Waals surface area contributed by atoms with E-state index in [1.807, 2.05) is 19.1 Å². The molecule has 54 heavy (non-hydrogen) atoms. The van der Waals surface area contributed by atoms with Crippen molar-refractivity contribution in [3.63, 3.8) is 0 Å². The fourth-order valence-corrected chi connectivity index (χ4v) is 7.91. The average Bonchev–Trinajstić information content (AvgIpc) is 3.89. The number of nitrogens with one attached hydrogen (secondary N) is 1. The molecule has 1 amide bonds. The van der Waals surface area contributed by atoms with E-state index in [1.165, 1.54) is 13.0 Å². The number of aliphatic carboxylic acids is 1. The molecular weight excluding hydrogens is 705 g/mol. The summed E-state index contributed by atoms with van der Waals surface area (Å²) in [5, 5.41) is 12.4. The Bertz CT molecular complexity index is 2010. The van der Waals surface area contributed by atoms with Crippen LogP contribution in [0.4, 0.5) is 22.0 Å². The Morgan fingerprint density at radius 2 is 1.61 bits per heavy atom. The highest BCUT2D eigenvalue weighted by molar-refractivity contribution is 5.82. The molecule has 3 aromatic rings. The van der Waals surface area contributed by atoms with Gasteiger partial charge in [0.05, 0.1) is 23.6 Å². The van der Waals surface area contributed by atoms with Crippen molar-refractivity contribution < 1.29 is 36.6 Å². The molecular formula is C42H48F5N3O4. The number of benzene rings is 2. The maximum absolute atomic E-state index is 16.8. The Hall–Kier alpha value is -4.50. The summed E-state index contributed by atoms with van der Waals surface area (Å²) in [6.45, 7) is 12.5. The highest BCUT2D eigenvalue weighted by Gasteiger charge is 2.39. The number of carbonyl (C=O) groups is 2. The van der Waals surface area contributed by atoms with E-state index in [9.17, 15) is 32.7 Å². The van der Waals surface area contributed by atoms with Crippen LogP contribution in [0.3, 0.4) is 0 Å². The maximum Gasteiger partial charge on any atom is 0.416 e. The number of halogens is 5. The van der Waals surface area contributed by atoms with Gasteiger partial charge >= 0.3 is 12.1 Å². The number of aromatic nitrogens is 1. The summed E-state index contributed by atoms with van der Waals surface area (Å²) in [5.41, 5.74) is -0.440. The Labute approximate surface area is 313 Å². The lowest BCUT2D eigenvalue weighted by Crippen LogP contribution is -2.41. The topological polar surface area (TPSA) is 91.6 Å². The van der Waals surface area contributed by atoms with E-state index in [0.717, 1.165) is 35.7 Å². The third-order valence-electron chi connectivity index (χ3n) is 10.5. The van der Waals surface area contributed by atoms with Gasteiger partial charge in [0.25, 0.3) is 5.56 Å². The molecule has 7 nitrogen and oxygen atoms in total. The summed E-state index contributed by atoms with van der Waals surface area (Å²) in [5.74, 6) is 0.390. The zero-order valence-electron chi connectivity index (χ0n) is 31.6. The van der Waals surface area contributed by atoms with E-state index in [-0.39, 0.29) is 29.0 Å². The molecule has 1 aliphatic carbocycles. The number of aryl methyl sites for hydroxylation is 3. The predicted molar refractivity (Wildman–Crippen MR) is 197 cm³/mol. The van der Waals surface area contributed by atoms with Crippen LogP contribution in [0.2, 0.25) is 0 Å². The molecule has 290 valence electrons. The molecule has 5 rings (SSSR count). The number of piperidine rings is 1. The lowest BCUT2D eigenvalue weighted by atomic mass is 9.87. The van der Waals surface area contributed by atoms with E-state index in [1.54, 1.807) is 27.7 Å². The summed E-state index contributed by atoms with van der Waals surface area (Å²) < 4.78 is 77.3. The number of hydrogen-bond donors (Lipinski definition) is 2. The quantitative estimate of drug-likeness (QED) is 0.143. The second-order valence-corrected chi connectivity index (χ2v) is 15.4.